The highest BCUT2D eigenvalue weighted by molar-refractivity contribution is 7.58. The third-order valence-corrected chi connectivity index (χ3v) is 9.88. The van der Waals surface area contributed by atoms with E-state index in [-0.39, 0.29) is 37.9 Å². The number of unbranched alkanes of at least 4 members (excludes halogenated alkanes) is 12. The standard InChI is InChI=1S/C38H57F4N2O6P/c1-4-7-8-9-10-11-12-13-14-15-16-17-18-19-37(45)44-32(28-36(39)51(46,49-5-2)50-6-3)26-31-20-22-34(23-21-31)47-29-33-27-35(24-25-43-33)48-30-38(40,41)42/h20-25,27-28,32H,4-19,26,29-30H2,1-3H3,(H,44,45)/b36-28+/t32-/m1/s1. The maximum absolute atomic E-state index is 15.4. The first-order valence-corrected chi connectivity index (χ1v) is 19.9. The summed E-state index contributed by atoms with van der Waals surface area (Å²) in [6.07, 6.45) is 14.0. The summed E-state index contributed by atoms with van der Waals surface area (Å²) < 4.78 is 86.7. The lowest BCUT2D eigenvalue weighted by Crippen LogP contribution is -2.35. The van der Waals surface area contributed by atoms with E-state index in [0.717, 1.165) is 37.3 Å². The number of amides is 1. The van der Waals surface area contributed by atoms with Crippen LogP contribution in [0.15, 0.2) is 54.2 Å². The number of alkyl halides is 3. The molecule has 1 atom stereocenters. The molecule has 1 aromatic carbocycles. The molecule has 0 aliphatic rings. The number of carbonyl (C=O) groups excluding carboxylic acids is 1. The van der Waals surface area contributed by atoms with Crippen LogP contribution >= 0.6 is 7.60 Å². The fourth-order valence-corrected chi connectivity index (χ4v) is 6.78. The average molecular weight is 745 g/mol. The van der Waals surface area contributed by atoms with Crippen molar-refractivity contribution in [2.75, 3.05) is 19.8 Å². The number of nitrogens with one attached hydrogen (secondary N) is 1. The van der Waals surface area contributed by atoms with Crippen molar-refractivity contribution >= 4 is 13.5 Å². The Kier molecular flexibility index (Phi) is 21.8. The summed E-state index contributed by atoms with van der Waals surface area (Å²) >= 11 is 0. The van der Waals surface area contributed by atoms with E-state index in [1.165, 1.54) is 76.1 Å². The third-order valence-electron chi connectivity index (χ3n) is 8.01. The van der Waals surface area contributed by atoms with Crippen LogP contribution in [0.1, 0.15) is 122 Å². The molecule has 288 valence electrons. The molecule has 1 heterocycles. The van der Waals surface area contributed by atoms with E-state index in [9.17, 15) is 22.5 Å². The van der Waals surface area contributed by atoms with Gasteiger partial charge in [0.1, 0.15) is 18.1 Å². The first kappa shape index (κ1) is 44.2. The number of nitrogens with zero attached hydrogens (tertiary/aromatic N) is 1. The molecular formula is C38H57F4N2O6P. The van der Waals surface area contributed by atoms with Crippen molar-refractivity contribution in [2.45, 2.75) is 136 Å². The zero-order valence-electron chi connectivity index (χ0n) is 30.5. The highest BCUT2D eigenvalue weighted by Gasteiger charge is 2.31. The normalized spacial score (nSPS) is 12.9. The quantitative estimate of drug-likeness (QED) is 0.0526. The molecule has 0 bridgehead atoms. The minimum absolute atomic E-state index is 0.0153. The number of aromatic nitrogens is 1. The lowest BCUT2D eigenvalue weighted by atomic mass is 10.0. The van der Waals surface area contributed by atoms with E-state index in [4.69, 9.17) is 18.5 Å². The molecule has 1 aromatic heterocycles. The Labute approximate surface area is 301 Å². The number of halogens is 4. The fourth-order valence-electron chi connectivity index (χ4n) is 5.41. The highest BCUT2D eigenvalue weighted by Crippen LogP contribution is 2.56. The van der Waals surface area contributed by atoms with E-state index in [2.05, 4.69) is 17.2 Å². The Hall–Kier alpha value is -2.95. The second kappa shape index (κ2) is 25.1. The summed E-state index contributed by atoms with van der Waals surface area (Å²) in [6, 6.07) is 8.71. The molecule has 51 heavy (non-hydrogen) atoms. The van der Waals surface area contributed by atoms with E-state index in [0.29, 0.717) is 17.9 Å². The first-order chi connectivity index (χ1) is 24.5. The summed E-state index contributed by atoms with van der Waals surface area (Å²) in [7, 11) is -4.17. The van der Waals surface area contributed by atoms with Gasteiger partial charge >= 0.3 is 13.8 Å². The Morgan fingerprint density at radius 2 is 1.39 bits per heavy atom. The molecule has 0 spiro atoms. The number of pyridine rings is 1. The van der Waals surface area contributed by atoms with Crippen LogP contribution in [0, 0.1) is 0 Å². The molecule has 0 saturated carbocycles. The predicted octanol–water partition coefficient (Wildman–Crippen LogP) is 11.2. The van der Waals surface area contributed by atoms with Gasteiger partial charge in [-0.1, -0.05) is 96.1 Å². The van der Waals surface area contributed by atoms with Gasteiger partial charge in [0.25, 0.3) is 0 Å². The van der Waals surface area contributed by atoms with Crippen LogP contribution < -0.4 is 14.8 Å². The second-order valence-electron chi connectivity index (χ2n) is 12.5. The molecule has 13 heteroatoms. The summed E-state index contributed by atoms with van der Waals surface area (Å²) in [6.45, 7) is 3.95. The smallest absolute Gasteiger partial charge is 0.422 e. The number of ether oxygens (including phenoxy) is 2. The number of hydrogen-bond acceptors (Lipinski definition) is 7. The van der Waals surface area contributed by atoms with Crippen molar-refractivity contribution in [3.8, 4) is 11.5 Å². The van der Waals surface area contributed by atoms with Crippen LogP contribution in [0.5, 0.6) is 11.5 Å². The number of benzene rings is 1. The molecular weight excluding hydrogens is 687 g/mol. The Bertz CT molecular complexity index is 1320. The molecule has 8 nitrogen and oxygen atoms in total. The van der Waals surface area contributed by atoms with Crippen molar-refractivity contribution in [1.29, 1.82) is 0 Å². The van der Waals surface area contributed by atoms with Crippen LogP contribution in [-0.4, -0.2) is 42.9 Å². The largest absolute Gasteiger partial charge is 0.487 e. The minimum Gasteiger partial charge on any atom is -0.487 e. The lowest BCUT2D eigenvalue weighted by Gasteiger charge is -2.19. The van der Waals surface area contributed by atoms with Crippen molar-refractivity contribution in [3.05, 3.63) is 65.5 Å². The first-order valence-electron chi connectivity index (χ1n) is 18.4. The minimum atomic E-state index is -4.46. The monoisotopic (exact) mass is 744 g/mol. The summed E-state index contributed by atoms with van der Waals surface area (Å²) in [4.78, 5) is 17.0. The average Bonchev–Trinajstić information content (AvgIpc) is 3.09. The summed E-state index contributed by atoms with van der Waals surface area (Å²) in [5, 5.41) is 2.87. The Morgan fingerprint density at radius 1 is 0.824 bits per heavy atom. The number of hydrogen-bond donors (Lipinski definition) is 1. The molecule has 0 fully saturated rings. The van der Waals surface area contributed by atoms with Gasteiger partial charge in [0.05, 0.1) is 24.9 Å². The van der Waals surface area contributed by atoms with Crippen molar-refractivity contribution < 1.29 is 45.4 Å². The number of carbonyl (C=O) groups is 1. The van der Waals surface area contributed by atoms with Crippen LogP contribution in [0.2, 0.25) is 0 Å². The predicted molar refractivity (Wildman–Crippen MR) is 193 cm³/mol. The molecule has 0 aliphatic heterocycles. The molecule has 0 radical (unpaired) electrons. The highest BCUT2D eigenvalue weighted by atomic mass is 31.2. The molecule has 0 aliphatic carbocycles. The van der Waals surface area contributed by atoms with Crippen molar-refractivity contribution in [1.82, 2.24) is 10.3 Å². The van der Waals surface area contributed by atoms with Gasteiger partial charge in [-0.05, 0) is 56.5 Å². The van der Waals surface area contributed by atoms with Gasteiger partial charge in [-0.2, -0.15) is 17.6 Å². The van der Waals surface area contributed by atoms with Gasteiger partial charge in [-0.15, -0.1) is 0 Å². The molecule has 0 saturated heterocycles. The molecule has 1 amide bonds. The zero-order valence-corrected chi connectivity index (χ0v) is 31.4. The van der Waals surface area contributed by atoms with E-state index >= 15 is 4.39 Å². The summed E-state index contributed by atoms with van der Waals surface area (Å²) in [5.41, 5.74) is 0.0472. The fraction of sp³-hybridized carbons (Fsp3) is 0.632. The van der Waals surface area contributed by atoms with Crippen LogP contribution in [0.4, 0.5) is 17.6 Å². The number of rotatable bonds is 28. The van der Waals surface area contributed by atoms with Gasteiger partial charge in [0.2, 0.25) is 11.5 Å². The zero-order chi connectivity index (χ0) is 37.4. The maximum atomic E-state index is 15.4. The van der Waals surface area contributed by atoms with Crippen LogP contribution in [-0.2, 0) is 31.4 Å². The maximum Gasteiger partial charge on any atom is 0.422 e. The Balaban J connectivity index is 1.92. The van der Waals surface area contributed by atoms with Gasteiger partial charge in [0.15, 0.2) is 6.61 Å². The van der Waals surface area contributed by atoms with Gasteiger partial charge in [-0.3, -0.25) is 14.3 Å². The van der Waals surface area contributed by atoms with Gasteiger partial charge < -0.3 is 23.8 Å². The molecule has 2 rings (SSSR count). The topological polar surface area (TPSA) is 96.0 Å². The summed E-state index contributed by atoms with van der Waals surface area (Å²) in [5.74, 6) is 0.254. The third kappa shape index (κ3) is 20.0. The second-order valence-corrected chi connectivity index (χ2v) is 14.5. The van der Waals surface area contributed by atoms with Crippen LogP contribution in [0.3, 0.4) is 0 Å². The molecule has 0 unspecified atom stereocenters. The van der Waals surface area contributed by atoms with Crippen LogP contribution in [0.25, 0.3) is 0 Å². The van der Waals surface area contributed by atoms with Gasteiger partial charge in [0, 0.05) is 18.7 Å². The SMILES string of the molecule is CCCCCCCCCCCCCCCC(=O)N[C@@H](/C=C(\F)P(=O)(OCC)OCC)Cc1ccc(OCc2cc(OCC(F)(F)F)ccn2)cc1. The van der Waals surface area contributed by atoms with E-state index in [1.54, 1.807) is 38.1 Å². The molecule has 1 N–H and O–H groups in total. The van der Waals surface area contributed by atoms with Gasteiger partial charge in [-0.25, -0.2) is 0 Å². The van der Waals surface area contributed by atoms with Crippen molar-refractivity contribution in [2.24, 2.45) is 0 Å². The van der Waals surface area contributed by atoms with E-state index in [1.807, 2.05) is 0 Å². The Morgan fingerprint density at radius 3 is 1.94 bits per heavy atom. The molecule has 2 aromatic rings. The van der Waals surface area contributed by atoms with Crippen molar-refractivity contribution in [3.63, 3.8) is 0 Å². The van der Waals surface area contributed by atoms with E-state index < -0.39 is 32.0 Å². The lowest BCUT2D eigenvalue weighted by molar-refractivity contribution is -0.153.